The number of aryl methyl sites for hydroxylation is 3. The molecule has 96 valence electrons. The molecule has 0 aliphatic heterocycles. The molecule has 0 bridgehead atoms. The highest BCUT2D eigenvalue weighted by atomic mass is 16.3. The van der Waals surface area contributed by atoms with Crippen LogP contribution in [-0.4, -0.2) is 17.8 Å². The Morgan fingerprint density at radius 1 is 1.12 bits per heavy atom. The minimum Gasteiger partial charge on any atom is -0.392 e. The van der Waals surface area contributed by atoms with Crippen LogP contribution in [0.25, 0.3) is 0 Å². The van der Waals surface area contributed by atoms with Crippen LogP contribution in [0.4, 0.5) is 0 Å². The van der Waals surface area contributed by atoms with E-state index in [9.17, 15) is 5.11 Å². The summed E-state index contributed by atoms with van der Waals surface area (Å²) in [7, 11) is 0. The van der Waals surface area contributed by atoms with E-state index in [-0.39, 0.29) is 6.10 Å². The summed E-state index contributed by atoms with van der Waals surface area (Å²) < 4.78 is 0. The van der Waals surface area contributed by atoms with Gasteiger partial charge in [-0.25, -0.2) is 0 Å². The summed E-state index contributed by atoms with van der Waals surface area (Å²) >= 11 is 0. The van der Waals surface area contributed by atoms with Crippen LogP contribution < -0.4 is 5.32 Å². The first-order valence-corrected chi connectivity index (χ1v) is 6.50. The normalized spacial score (nSPS) is 12.8. The summed E-state index contributed by atoms with van der Waals surface area (Å²) in [5.41, 5.74) is 5.33. The Kier molecular flexibility index (Phi) is 5.66. The van der Waals surface area contributed by atoms with Gasteiger partial charge >= 0.3 is 0 Å². The summed E-state index contributed by atoms with van der Waals surface area (Å²) in [6, 6.07) is 4.47. The van der Waals surface area contributed by atoms with Gasteiger partial charge in [0.25, 0.3) is 0 Å². The number of aliphatic hydroxyl groups excluding tert-OH is 1. The van der Waals surface area contributed by atoms with Crippen LogP contribution in [0.15, 0.2) is 12.1 Å². The molecule has 1 atom stereocenters. The van der Waals surface area contributed by atoms with E-state index in [1.165, 1.54) is 22.3 Å². The van der Waals surface area contributed by atoms with Crippen LogP contribution in [0, 0.1) is 20.8 Å². The second-order valence-corrected chi connectivity index (χ2v) is 4.94. The molecule has 2 nitrogen and oxygen atoms in total. The zero-order valence-corrected chi connectivity index (χ0v) is 11.5. The average molecular weight is 235 g/mol. The Labute approximate surface area is 105 Å². The fourth-order valence-corrected chi connectivity index (χ4v) is 2.02. The first-order valence-electron chi connectivity index (χ1n) is 6.50. The van der Waals surface area contributed by atoms with Crippen molar-refractivity contribution in [2.75, 3.05) is 6.54 Å². The molecule has 17 heavy (non-hydrogen) atoms. The van der Waals surface area contributed by atoms with Gasteiger partial charge in [0.05, 0.1) is 6.10 Å². The molecule has 1 aromatic carbocycles. The number of aliphatic hydroxyl groups is 1. The highest BCUT2D eigenvalue weighted by Gasteiger charge is 2.04. The second-order valence-electron chi connectivity index (χ2n) is 4.94. The maximum Gasteiger partial charge on any atom is 0.0664 e. The van der Waals surface area contributed by atoms with Gasteiger partial charge in [0.2, 0.25) is 0 Å². The molecule has 1 rings (SSSR count). The van der Waals surface area contributed by atoms with E-state index >= 15 is 0 Å². The maximum absolute atomic E-state index is 9.63. The largest absolute Gasteiger partial charge is 0.392 e. The molecule has 0 fully saturated rings. The topological polar surface area (TPSA) is 32.3 Å². The van der Waals surface area contributed by atoms with Gasteiger partial charge in [0.1, 0.15) is 0 Å². The highest BCUT2D eigenvalue weighted by molar-refractivity contribution is 5.36. The summed E-state index contributed by atoms with van der Waals surface area (Å²) in [5, 5.41) is 13.0. The SMILES string of the molecule is CCCC(O)CNCc1cc(C)c(C)cc1C. The van der Waals surface area contributed by atoms with Gasteiger partial charge in [0.15, 0.2) is 0 Å². The van der Waals surface area contributed by atoms with Gasteiger partial charge in [-0.05, 0) is 49.4 Å². The molecule has 2 N–H and O–H groups in total. The lowest BCUT2D eigenvalue weighted by molar-refractivity contribution is 0.160. The molecule has 0 saturated heterocycles. The molecule has 0 aliphatic rings. The van der Waals surface area contributed by atoms with Crippen molar-refractivity contribution in [2.45, 2.75) is 53.2 Å². The summed E-state index contributed by atoms with van der Waals surface area (Å²) in [6.07, 6.45) is 1.69. The van der Waals surface area contributed by atoms with Gasteiger partial charge in [-0.3, -0.25) is 0 Å². The molecule has 0 spiro atoms. The van der Waals surface area contributed by atoms with Crippen LogP contribution in [0.5, 0.6) is 0 Å². The van der Waals surface area contributed by atoms with Crippen molar-refractivity contribution in [3.8, 4) is 0 Å². The van der Waals surface area contributed by atoms with Gasteiger partial charge in [-0.2, -0.15) is 0 Å². The molecule has 2 heteroatoms. The molecule has 0 heterocycles. The van der Waals surface area contributed by atoms with E-state index in [1.807, 2.05) is 0 Å². The highest BCUT2D eigenvalue weighted by Crippen LogP contribution is 2.15. The minimum atomic E-state index is -0.216. The van der Waals surface area contributed by atoms with Crippen molar-refractivity contribution in [3.63, 3.8) is 0 Å². The van der Waals surface area contributed by atoms with Crippen molar-refractivity contribution in [2.24, 2.45) is 0 Å². The third-order valence-corrected chi connectivity index (χ3v) is 3.27. The zero-order valence-electron chi connectivity index (χ0n) is 11.5. The van der Waals surface area contributed by atoms with Crippen LogP contribution in [0.2, 0.25) is 0 Å². The van der Waals surface area contributed by atoms with Crippen molar-refractivity contribution >= 4 is 0 Å². The summed E-state index contributed by atoms with van der Waals surface area (Å²) in [4.78, 5) is 0. The lowest BCUT2D eigenvalue weighted by Gasteiger charge is -2.13. The molecule has 0 saturated carbocycles. The first kappa shape index (κ1) is 14.2. The van der Waals surface area contributed by atoms with Crippen molar-refractivity contribution in [1.29, 1.82) is 0 Å². The minimum absolute atomic E-state index is 0.216. The fraction of sp³-hybridized carbons (Fsp3) is 0.600. The standard InChI is InChI=1S/C15H25NO/c1-5-6-15(17)10-16-9-14-8-12(3)11(2)7-13(14)4/h7-8,15-17H,5-6,9-10H2,1-4H3. The number of hydrogen-bond donors (Lipinski definition) is 2. The molecular formula is C15H25NO. The predicted molar refractivity (Wildman–Crippen MR) is 73.3 cm³/mol. The monoisotopic (exact) mass is 235 g/mol. The molecule has 1 aromatic rings. The van der Waals surface area contributed by atoms with Crippen LogP contribution >= 0.6 is 0 Å². The van der Waals surface area contributed by atoms with Gasteiger partial charge in [-0.1, -0.05) is 25.5 Å². The van der Waals surface area contributed by atoms with E-state index in [1.54, 1.807) is 0 Å². The number of rotatable bonds is 6. The first-order chi connectivity index (χ1) is 8.04. The molecular weight excluding hydrogens is 210 g/mol. The smallest absolute Gasteiger partial charge is 0.0664 e. The third-order valence-electron chi connectivity index (χ3n) is 3.27. The molecule has 0 aromatic heterocycles. The maximum atomic E-state index is 9.63. The van der Waals surface area contributed by atoms with E-state index < -0.39 is 0 Å². The molecule has 1 unspecified atom stereocenters. The second kappa shape index (κ2) is 6.77. The van der Waals surface area contributed by atoms with Gasteiger partial charge in [-0.15, -0.1) is 0 Å². The van der Waals surface area contributed by atoms with Crippen LogP contribution in [0.3, 0.4) is 0 Å². The lowest BCUT2D eigenvalue weighted by Crippen LogP contribution is -2.26. The van der Waals surface area contributed by atoms with E-state index in [4.69, 9.17) is 0 Å². The molecule has 0 amide bonds. The van der Waals surface area contributed by atoms with Crippen LogP contribution in [0.1, 0.15) is 42.0 Å². The van der Waals surface area contributed by atoms with E-state index in [0.29, 0.717) is 6.54 Å². The Morgan fingerprint density at radius 3 is 2.41 bits per heavy atom. The van der Waals surface area contributed by atoms with Gasteiger partial charge in [0, 0.05) is 13.1 Å². The van der Waals surface area contributed by atoms with Crippen molar-refractivity contribution in [3.05, 3.63) is 34.4 Å². The van der Waals surface area contributed by atoms with E-state index in [0.717, 1.165) is 19.4 Å². The quantitative estimate of drug-likeness (QED) is 0.794. The Hall–Kier alpha value is -0.860. The Balaban J connectivity index is 2.49. The zero-order chi connectivity index (χ0) is 12.8. The third kappa shape index (κ3) is 4.49. The summed E-state index contributed by atoms with van der Waals surface area (Å²) in [6.45, 7) is 10.0. The number of benzene rings is 1. The Morgan fingerprint density at radius 2 is 1.76 bits per heavy atom. The predicted octanol–water partition coefficient (Wildman–Crippen LogP) is 2.86. The number of nitrogens with one attached hydrogen (secondary N) is 1. The number of hydrogen-bond acceptors (Lipinski definition) is 2. The van der Waals surface area contributed by atoms with Crippen molar-refractivity contribution < 1.29 is 5.11 Å². The molecule has 0 radical (unpaired) electrons. The summed E-state index contributed by atoms with van der Waals surface area (Å²) in [5.74, 6) is 0. The lowest BCUT2D eigenvalue weighted by atomic mass is 10.0. The van der Waals surface area contributed by atoms with Crippen LogP contribution in [-0.2, 0) is 6.54 Å². The average Bonchev–Trinajstić information content (AvgIpc) is 2.26. The van der Waals surface area contributed by atoms with Gasteiger partial charge < -0.3 is 10.4 Å². The van der Waals surface area contributed by atoms with E-state index in [2.05, 4.69) is 45.1 Å². The molecule has 0 aliphatic carbocycles. The van der Waals surface area contributed by atoms with Crippen molar-refractivity contribution in [1.82, 2.24) is 5.32 Å². The fourth-order valence-electron chi connectivity index (χ4n) is 2.02. The Bertz CT molecular complexity index is 360.